The third-order valence-electron chi connectivity index (χ3n) is 1.69. The highest BCUT2D eigenvalue weighted by molar-refractivity contribution is 8.10. The van der Waals surface area contributed by atoms with Crippen LogP contribution < -0.4 is 0 Å². The molecule has 14 heavy (non-hydrogen) atoms. The predicted molar refractivity (Wildman–Crippen MR) is 66.1 cm³/mol. The molecule has 0 fully saturated rings. The van der Waals surface area contributed by atoms with Gasteiger partial charge in [-0.2, -0.15) is 0 Å². The second-order valence-corrected chi connectivity index (χ2v) is 3.78. The number of ether oxygens (including phenoxy) is 2. The molecule has 0 aromatic carbocycles. The Balaban J connectivity index is 3.61. The van der Waals surface area contributed by atoms with Crippen LogP contribution >= 0.6 is 24.8 Å². The number of thiocarbonyl (C=S) groups is 1. The molecule has 3 nitrogen and oxygen atoms in total. The Morgan fingerprint density at radius 1 is 1.14 bits per heavy atom. The summed E-state index contributed by atoms with van der Waals surface area (Å²) in [6, 6.07) is 0. The van der Waals surface area contributed by atoms with Gasteiger partial charge < -0.3 is 14.4 Å². The molecule has 0 saturated heterocycles. The Kier molecular flexibility index (Phi) is 9.82. The molecular formula is C9H19NO2S2. The van der Waals surface area contributed by atoms with E-state index in [-0.39, 0.29) is 0 Å². The van der Waals surface area contributed by atoms with Crippen molar-refractivity contribution in [2.75, 3.05) is 39.5 Å². The average Bonchev–Trinajstić information content (AvgIpc) is 2.15. The first-order valence-corrected chi connectivity index (χ1v) is 5.71. The van der Waals surface area contributed by atoms with Crippen LogP contribution in [0, 0.1) is 0 Å². The van der Waals surface area contributed by atoms with Crippen LogP contribution in [0.25, 0.3) is 0 Å². The largest absolute Gasteiger partial charge is 0.380 e. The Labute approximate surface area is 97.2 Å². The topological polar surface area (TPSA) is 21.7 Å². The SMILES string of the molecule is CCOCCN(CCOCC)C(=S)S. The third-order valence-corrected chi connectivity index (χ3v) is 2.23. The molecule has 0 radical (unpaired) electrons. The summed E-state index contributed by atoms with van der Waals surface area (Å²) in [5.41, 5.74) is 0. The average molecular weight is 237 g/mol. The Morgan fingerprint density at radius 2 is 1.57 bits per heavy atom. The second-order valence-electron chi connectivity index (χ2n) is 2.66. The molecule has 0 saturated carbocycles. The van der Waals surface area contributed by atoms with Gasteiger partial charge in [-0.25, -0.2) is 0 Å². The number of hydrogen-bond acceptors (Lipinski definition) is 3. The quantitative estimate of drug-likeness (QED) is 0.393. The lowest BCUT2D eigenvalue weighted by molar-refractivity contribution is 0.109. The number of hydrogen-bond donors (Lipinski definition) is 1. The Bertz CT molecular complexity index is 146. The van der Waals surface area contributed by atoms with Crippen molar-refractivity contribution >= 4 is 29.2 Å². The van der Waals surface area contributed by atoms with Gasteiger partial charge in [-0.05, 0) is 13.8 Å². The van der Waals surface area contributed by atoms with E-state index in [2.05, 4.69) is 12.6 Å². The highest BCUT2D eigenvalue weighted by Gasteiger charge is 2.04. The van der Waals surface area contributed by atoms with E-state index in [0.29, 0.717) is 17.5 Å². The van der Waals surface area contributed by atoms with Crippen LogP contribution in [0.3, 0.4) is 0 Å². The van der Waals surface area contributed by atoms with Crippen LogP contribution in [-0.4, -0.2) is 48.7 Å². The molecule has 0 aromatic heterocycles. The lowest BCUT2D eigenvalue weighted by Gasteiger charge is -2.22. The first-order chi connectivity index (χ1) is 6.72. The molecule has 0 rings (SSSR count). The number of rotatable bonds is 8. The lowest BCUT2D eigenvalue weighted by atomic mass is 10.5. The van der Waals surface area contributed by atoms with Gasteiger partial charge in [0.1, 0.15) is 4.32 Å². The standard InChI is InChI=1S/C9H19NO2S2/c1-3-11-7-5-10(9(13)14)6-8-12-4-2/h3-8H2,1-2H3,(H,13,14). The molecule has 84 valence electrons. The number of nitrogens with zero attached hydrogens (tertiary/aromatic N) is 1. The molecule has 0 aliphatic heterocycles. The maximum Gasteiger partial charge on any atom is 0.133 e. The zero-order chi connectivity index (χ0) is 10.8. The van der Waals surface area contributed by atoms with Gasteiger partial charge in [0.2, 0.25) is 0 Å². The molecule has 0 aromatic rings. The predicted octanol–water partition coefficient (Wildman–Crippen LogP) is 1.58. The van der Waals surface area contributed by atoms with Crippen molar-refractivity contribution in [1.82, 2.24) is 4.90 Å². The third kappa shape index (κ3) is 7.55. The zero-order valence-corrected chi connectivity index (χ0v) is 10.6. The van der Waals surface area contributed by atoms with E-state index in [0.717, 1.165) is 26.3 Å². The summed E-state index contributed by atoms with van der Waals surface area (Å²) in [7, 11) is 0. The van der Waals surface area contributed by atoms with Crippen LogP contribution in [0.15, 0.2) is 0 Å². The van der Waals surface area contributed by atoms with Gasteiger partial charge in [0.15, 0.2) is 0 Å². The fourth-order valence-corrected chi connectivity index (χ4v) is 1.32. The number of thiol groups is 1. The van der Waals surface area contributed by atoms with Gasteiger partial charge in [0.05, 0.1) is 13.2 Å². The summed E-state index contributed by atoms with van der Waals surface area (Å²) in [6.07, 6.45) is 0. The van der Waals surface area contributed by atoms with Gasteiger partial charge in [0, 0.05) is 26.3 Å². The molecule has 0 bridgehead atoms. The van der Waals surface area contributed by atoms with Crippen molar-refractivity contribution in [1.29, 1.82) is 0 Å². The van der Waals surface area contributed by atoms with E-state index in [1.54, 1.807) is 0 Å². The summed E-state index contributed by atoms with van der Waals surface area (Å²) >= 11 is 9.14. The van der Waals surface area contributed by atoms with E-state index in [1.807, 2.05) is 18.7 Å². The lowest BCUT2D eigenvalue weighted by Crippen LogP contribution is -2.33. The first kappa shape index (κ1) is 14.2. The van der Waals surface area contributed by atoms with Crippen molar-refractivity contribution in [2.24, 2.45) is 0 Å². The van der Waals surface area contributed by atoms with E-state index in [9.17, 15) is 0 Å². The smallest absolute Gasteiger partial charge is 0.133 e. The normalized spacial score (nSPS) is 10.2. The minimum Gasteiger partial charge on any atom is -0.380 e. The monoisotopic (exact) mass is 237 g/mol. The molecule has 0 aliphatic rings. The van der Waals surface area contributed by atoms with Crippen LogP contribution in [-0.2, 0) is 9.47 Å². The van der Waals surface area contributed by atoms with Gasteiger partial charge in [0.25, 0.3) is 0 Å². The molecule has 5 heteroatoms. The summed E-state index contributed by atoms with van der Waals surface area (Å²) in [5.74, 6) is 0. The van der Waals surface area contributed by atoms with Crippen molar-refractivity contribution in [3.05, 3.63) is 0 Å². The zero-order valence-electron chi connectivity index (χ0n) is 8.86. The highest BCUT2D eigenvalue weighted by atomic mass is 32.1. The summed E-state index contributed by atoms with van der Waals surface area (Å²) in [6.45, 7) is 8.35. The Hall–Kier alpha value is 0.160. The van der Waals surface area contributed by atoms with Gasteiger partial charge in [-0.15, -0.1) is 12.6 Å². The molecule has 0 N–H and O–H groups in total. The second kappa shape index (κ2) is 9.71. The van der Waals surface area contributed by atoms with Gasteiger partial charge >= 0.3 is 0 Å². The van der Waals surface area contributed by atoms with Crippen molar-refractivity contribution < 1.29 is 9.47 Å². The van der Waals surface area contributed by atoms with Gasteiger partial charge in [-0.1, -0.05) is 12.2 Å². The molecular weight excluding hydrogens is 218 g/mol. The maximum atomic E-state index is 5.24. The highest BCUT2D eigenvalue weighted by Crippen LogP contribution is 1.97. The van der Waals surface area contributed by atoms with E-state index in [1.165, 1.54) is 0 Å². The fraction of sp³-hybridized carbons (Fsp3) is 0.889. The van der Waals surface area contributed by atoms with Gasteiger partial charge in [-0.3, -0.25) is 0 Å². The summed E-state index contributed by atoms with van der Waals surface area (Å²) < 4.78 is 11.1. The summed E-state index contributed by atoms with van der Waals surface area (Å²) in [4.78, 5) is 1.98. The molecule has 0 aliphatic carbocycles. The molecule has 0 atom stereocenters. The maximum absolute atomic E-state index is 5.24. The molecule has 0 amide bonds. The molecule has 0 spiro atoms. The van der Waals surface area contributed by atoms with Crippen molar-refractivity contribution in [3.8, 4) is 0 Å². The summed E-state index contributed by atoms with van der Waals surface area (Å²) in [5, 5.41) is 0. The van der Waals surface area contributed by atoms with Crippen LogP contribution in [0.5, 0.6) is 0 Å². The van der Waals surface area contributed by atoms with Crippen LogP contribution in [0.1, 0.15) is 13.8 Å². The fourth-order valence-electron chi connectivity index (χ4n) is 0.941. The van der Waals surface area contributed by atoms with E-state index in [4.69, 9.17) is 21.7 Å². The first-order valence-electron chi connectivity index (χ1n) is 4.85. The minimum absolute atomic E-state index is 0.601. The van der Waals surface area contributed by atoms with Crippen LogP contribution in [0.4, 0.5) is 0 Å². The Morgan fingerprint density at radius 3 is 1.86 bits per heavy atom. The molecule has 0 heterocycles. The van der Waals surface area contributed by atoms with E-state index >= 15 is 0 Å². The van der Waals surface area contributed by atoms with Crippen molar-refractivity contribution in [3.63, 3.8) is 0 Å². The molecule has 0 unspecified atom stereocenters. The van der Waals surface area contributed by atoms with Crippen LogP contribution in [0.2, 0.25) is 0 Å². The minimum atomic E-state index is 0.601. The van der Waals surface area contributed by atoms with Crippen molar-refractivity contribution in [2.45, 2.75) is 13.8 Å². The van der Waals surface area contributed by atoms with E-state index < -0.39 is 0 Å².